The van der Waals surface area contributed by atoms with Gasteiger partial charge >= 0.3 is 0 Å². The Morgan fingerprint density at radius 2 is 1.71 bits per heavy atom. The number of aromatic nitrogens is 1. The second-order valence-electron chi connectivity index (χ2n) is 9.76. The van der Waals surface area contributed by atoms with Gasteiger partial charge in [-0.05, 0) is 73.8 Å². The molecule has 6 heteroatoms. The van der Waals surface area contributed by atoms with Crippen LogP contribution in [0.25, 0.3) is 0 Å². The summed E-state index contributed by atoms with van der Waals surface area (Å²) in [4.78, 5) is 21.1. The van der Waals surface area contributed by atoms with E-state index in [1.807, 2.05) is 11.0 Å². The highest BCUT2D eigenvalue weighted by Gasteiger charge is 2.50. The first-order chi connectivity index (χ1) is 13.6. The summed E-state index contributed by atoms with van der Waals surface area (Å²) in [5.41, 5.74) is 0.484. The van der Waals surface area contributed by atoms with Crippen LogP contribution in [0.4, 0.5) is 5.82 Å². The van der Waals surface area contributed by atoms with E-state index in [2.05, 4.69) is 15.2 Å². The maximum atomic E-state index is 12.7. The van der Waals surface area contributed by atoms with Gasteiger partial charge in [-0.3, -0.25) is 4.79 Å². The van der Waals surface area contributed by atoms with Crippen molar-refractivity contribution >= 4 is 11.7 Å². The summed E-state index contributed by atoms with van der Waals surface area (Å²) < 4.78 is 0. The third-order valence-corrected chi connectivity index (χ3v) is 7.63. The maximum Gasteiger partial charge on any atom is 0.236 e. The lowest BCUT2D eigenvalue weighted by molar-refractivity contribution is -0.130. The monoisotopic (exact) mass is 384 g/mol. The van der Waals surface area contributed by atoms with Crippen molar-refractivity contribution in [3.63, 3.8) is 0 Å². The van der Waals surface area contributed by atoms with Crippen LogP contribution in [0.1, 0.15) is 38.5 Å². The molecule has 1 aliphatic heterocycles. The SMILES string of the molecule is O=C(CNCC12CC3CC(CC(C3)C1)C2)N1CCN(c2ccc(O)cn2)CC1. The topological polar surface area (TPSA) is 68.7 Å². The third kappa shape index (κ3) is 3.59. The zero-order valence-electron chi connectivity index (χ0n) is 16.6. The Balaban J connectivity index is 1.08. The zero-order chi connectivity index (χ0) is 19.1. The Hall–Kier alpha value is -1.82. The van der Waals surface area contributed by atoms with Crippen LogP contribution in [0.2, 0.25) is 0 Å². The van der Waals surface area contributed by atoms with Crippen LogP contribution in [-0.2, 0) is 4.79 Å². The van der Waals surface area contributed by atoms with E-state index in [-0.39, 0.29) is 11.7 Å². The van der Waals surface area contributed by atoms with Gasteiger partial charge in [0.2, 0.25) is 5.91 Å². The molecule has 6 rings (SSSR count). The highest BCUT2D eigenvalue weighted by atomic mass is 16.3. The highest BCUT2D eigenvalue weighted by Crippen LogP contribution is 2.59. The lowest BCUT2D eigenvalue weighted by Gasteiger charge is -2.57. The van der Waals surface area contributed by atoms with Crippen LogP contribution in [0.15, 0.2) is 18.3 Å². The lowest BCUT2D eigenvalue weighted by atomic mass is 9.49. The molecule has 28 heavy (non-hydrogen) atoms. The van der Waals surface area contributed by atoms with Crippen molar-refractivity contribution in [3.05, 3.63) is 18.3 Å². The molecule has 4 saturated carbocycles. The van der Waals surface area contributed by atoms with Crippen LogP contribution in [0, 0.1) is 23.2 Å². The van der Waals surface area contributed by atoms with E-state index < -0.39 is 0 Å². The lowest BCUT2D eigenvalue weighted by Crippen LogP contribution is -2.53. The second kappa shape index (κ2) is 7.21. The quantitative estimate of drug-likeness (QED) is 0.815. The number of amides is 1. The van der Waals surface area contributed by atoms with Gasteiger partial charge in [-0.1, -0.05) is 0 Å². The third-order valence-electron chi connectivity index (χ3n) is 7.63. The fourth-order valence-electron chi connectivity index (χ4n) is 6.80. The molecule has 0 spiro atoms. The summed E-state index contributed by atoms with van der Waals surface area (Å²) in [5.74, 6) is 4.16. The van der Waals surface area contributed by atoms with Crippen LogP contribution in [0.5, 0.6) is 5.75 Å². The molecule has 1 amide bonds. The normalized spacial score (nSPS) is 34.1. The molecule has 6 nitrogen and oxygen atoms in total. The Labute approximate surface area is 167 Å². The van der Waals surface area contributed by atoms with Crippen molar-refractivity contribution in [1.82, 2.24) is 15.2 Å². The summed E-state index contributed by atoms with van der Waals surface area (Å²) in [6, 6.07) is 3.49. The van der Waals surface area contributed by atoms with E-state index in [1.54, 1.807) is 6.07 Å². The van der Waals surface area contributed by atoms with Crippen LogP contribution in [0.3, 0.4) is 0 Å². The molecule has 0 unspecified atom stereocenters. The number of anilines is 1. The number of piperazine rings is 1. The number of aromatic hydroxyl groups is 1. The van der Waals surface area contributed by atoms with E-state index in [4.69, 9.17) is 0 Å². The summed E-state index contributed by atoms with van der Waals surface area (Å²) in [6.45, 7) is 4.55. The molecule has 0 aromatic carbocycles. The molecule has 1 saturated heterocycles. The summed E-state index contributed by atoms with van der Waals surface area (Å²) >= 11 is 0. The maximum absolute atomic E-state index is 12.7. The molecule has 4 bridgehead atoms. The van der Waals surface area contributed by atoms with Gasteiger partial charge in [0, 0.05) is 32.7 Å². The van der Waals surface area contributed by atoms with Gasteiger partial charge in [0.25, 0.3) is 0 Å². The van der Waals surface area contributed by atoms with Gasteiger partial charge in [0.1, 0.15) is 11.6 Å². The van der Waals surface area contributed by atoms with E-state index in [0.717, 1.165) is 56.3 Å². The first-order valence-electron chi connectivity index (χ1n) is 11.0. The number of nitrogens with one attached hydrogen (secondary N) is 1. The van der Waals surface area contributed by atoms with E-state index in [9.17, 15) is 9.90 Å². The number of carbonyl (C=O) groups excluding carboxylic acids is 1. The molecule has 2 N–H and O–H groups in total. The second-order valence-corrected chi connectivity index (χ2v) is 9.76. The van der Waals surface area contributed by atoms with Crippen LogP contribution in [-0.4, -0.2) is 60.2 Å². The molecule has 5 aliphatic rings. The summed E-state index contributed by atoms with van der Waals surface area (Å²) in [5, 5.41) is 12.9. The Morgan fingerprint density at radius 3 is 2.29 bits per heavy atom. The van der Waals surface area contributed by atoms with E-state index in [0.29, 0.717) is 12.0 Å². The van der Waals surface area contributed by atoms with Gasteiger partial charge in [-0.25, -0.2) is 4.98 Å². The average Bonchev–Trinajstić information content (AvgIpc) is 2.67. The minimum absolute atomic E-state index is 0.183. The molecule has 5 fully saturated rings. The number of carbonyl (C=O) groups is 1. The first-order valence-corrected chi connectivity index (χ1v) is 11.0. The number of nitrogens with zero attached hydrogens (tertiary/aromatic N) is 3. The predicted molar refractivity (Wildman–Crippen MR) is 108 cm³/mol. The summed E-state index contributed by atoms with van der Waals surface area (Å²) in [6.07, 6.45) is 10.0. The minimum atomic E-state index is 0.183. The van der Waals surface area contributed by atoms with Crippen molar-refractivity contribution in [2.75, 3.05) is 44.2 Å². The fourth-order valence-corrected chi connectivity index (χ4v) is 6.80. The fraction of sp³-hybridized carbons (Fsp3) is 0.727. The van der Waals surface area contributed by atoms with Gasteiger partial charge in [-0.2, -0.15) is 0 Å². The number of rotatable bonds is 5. The Bertz CT molecular complexity index is 676. The van der Waals surface area contributed by atoms with Crippen molar-refractivity contribution < 1.29 is 9.90 Å². The smallest absolute Gasteiger partial charge is 0.236 e. The molecule has 2 heterocycles. The highest BCUT2D eigenvalue weighted by molar-refractivity contribution is 5.78. The van der Waals surface area contributed by atoms with Crippen molar-refractivity contribution in [2.45, 2.75) is 38.5 Å². The van der Waals surface area contributed by atoms with Gasteiger partial charge in [-0.15, -0.1) is 0 Å². The van der Waals surface area contributed by atoms with Crippen molar-refractivity contribution in [3.8, 4) is 5.75 Å². The van der Waals surface area contributed by atoms with Crippen molar-refractivity contribution in [2.24, 2.45) is 23.2 Å². The molecule has 1 aromatic heterocycles. The number of hydrogen-bond donors (Lipinski definition) is 2. The molecular formula is C22H32N4O2. The van der Waals surface area contributed by atoms with Gasteiger partial charge < -0.3 is 20.2 Å². The molecule has 1 aromatic rings. The van der Waals surface area contributed by atoms with Crippen molar-refractivity contribution in [1.29, 1.82) is 0 Å². The van der Waals surface area contributed by atoms with E-state index in [1.165, 1.54) is 44.7 Å². The number of pyridine rings is 1. The van der Waals surface area contributed by atoms with Gasteiger partial charge in [0.15, 0.2) is 0 Å². The molecule has 4 aliphatic carbocycles. The van der Waals surface area contributed by atoms with Crippen LogP contribution < -0.4 is 10.2 Å². The molecular weight excluding hydrogens is 352 g/mol. The number of hydrogen-bond acceptors (Lipinski definition) is 5. The van der Waals surface area contributed by atoms with E-state index >= 15 is 0 Å². The minimum Gasteiger partial charge on any atom is -0.506 e. The first kappa shape index (κ1) is 18.2. The molecule has 0 radical (unpaired) electrons. The standard InChI is InChI=1S/C22H32N4O2/c27-19-1-2-20(24-13-19)25-3-5-26(6-4-25)21(28)14-23-15-22-10-16-7-17(11-22)9-18(8-16)12-22/h1-2,13,16-18,23,27H,3-12,14-15H2. The zero-order valence-corrected chi connectivity index (χ0v) is 16.6. The van der Waals surface area contributed by atoms with Crippen LogP contribution >= 0.6 is 0 Å². The Morgan fingerprint density at radius 1 is 1.07 bits per heavy atom. The molecule has 0 atom stereocenters. The largest absolute Gasteiger partial charge is 0.506 e. The average molecular weight is 385 g/mol. The predicted octanol–water partition coefficient (Wildman–Crippen LogP) is 2.24. The van der Waals surface area contributed by atoms with Gasteiger partial charge in [0.05, 0.1) is 12.7 Å². The molecule has 152 valence electrons. The summed E-state index contributed by atoms with van der Waals surface area (Å²) in [7, 11) is 0. The Kier molecular flexibility index (Phi) is 4.69.